The highest BCUT2D eigenvalue weighted by molar-refractivity contribution is 7.89. The molecule has 0 aromatic heterocycles. The standard InChI is InChI=1S/C26H31N3O4S/c30-25-14-11-21-18-22(12-13-23(21)28-25)34(32,33)29-24(17-20-9-5-2-6-10-20)26(31)27-16-15-19-7-3-1-4-8-19/h2,5-7,9-10,12-13,18,24,29H,1,3-4,8,11,14-17H2,(H,27,31)(H,28,30)/t24-/m1/s1. The Balaban J connectivity index is 1.48. The van der Waals surface area contributed by atoms with Gasteiger partial charge >= 0.3 is 0 Å². The molecule has 0 spiro atoms. The summed E-state index contributed by atoms with van der Waals surface area (Å²) in [5.41, 5.74) is 3.62. The minimum Gasteiger partial charge on any atom is -0.354 e. The molecule has 0 fully saturated rings. The summed E-state index contributed by atoms with van der Waals surface area (Å²) in [6.45, 7) is 0.482. The highest BCUT2D eigenvalue weighted by atomic mass is 32.2. The molecular weight excluding hydrogens is 450 g/mol. The number of fused-ring (bicyclic) bond motifs is 1. The molecule has 3 N–H and O–H groups in total. The lowest BCUT2D eigenvalue weighted by atomic mass is 9.97. The molecule has 0 saturated carbocycles. The number of benzene rings is 2. The summed E-state index contributed by atoms with van der Waals surface area (Å²) < 4.78 is 29.1. The molecule has 4 rings (SSSR count). The van der Waals surface area contributed by atoms with Crippen LogP contribution in [0, 0.1) is 0 Å². The Hall–Kier alpha value is -2.97. The summed E-state index contributed by atoms with van der Waals surface area (Å²) in [5, 5.41) is 5.68. The van der Waals surface area contributed by atoms with Gasteiger partial charge in [-0.05, 0) is 74.3 Å². The van der Waals surface area contributed by atoms with E-state index in [4.69, 9.17) is 0 Å². The van der Waals surface area contributed by atoms with Crippen molar-refractivity contribution >= 4 is 27.5 Å². The van der Waals surface area contributed by atoms with Crippen molar-refractivity contribution in [2.45, 2.75) is 62.3 Å². The molecule has 0 radical (unpaired) electrons. The van der Waals surface area contributed by atoms with Gasteiger partial charge < -0.3 is 10.6 Å². The average Bonchev–Trinajstić information content (AvgIpc) is 2.84. The molecule has 0 bridgehead atoms. The number of rotatable bonds is 9. The van der Waals surface area contributed by atoms with Crippen LogP contribution in [0.4, 0.5) is 5.69 Å². The van der Waals surface area contributed by atoms with Crippen molar-refractivity contribution in [1.29, 1.82) is 0 Å². The highest BCUT2D eigenvalue weighted by Gasteiger charge is 2.27. The monoisotopic (exact) mass is 481 g/mol. The Kier molecular flexibility index (Phi) is 7.80. The van der Waals surface area contributed by atoms with Crippen molar-refractivity contribution in [2.75, 3.05) is 11.9 Å². The number of carbonyl (C=O) groups is 2. The first-order valence-electron chi connectivity index (χ1n) is 11.9. The molecule has 2 amide bonds. The maximum Gasteiger partial charge on any atom is 0.241 e. The molecule has 7 nitrogen and oxygen atoms in total. The summed E-state index contributed by atoms with van der Waals surface area (Å²) in [6, 6.07) is 13.1. The van der Waals surface area contributed by atoms with E-state index in [0.717, 1.165) is 30.4 Å². The van der Waals surface area contributed by atoms with Gasteiger partial charge in [0, 0.05) is 18.7 Å². The zero-order valence-electron chi connectivity index (χ0n) is 19.2. The Labute approximate surface area is 201 Å². The molecule has 1 aliphatic heterocycles. The zero-order valence-corrected chi connectivity index (χ0v) is 20.0. The Morgan fingerprint density at radius 2 is 1.85 bits per heavy atom. The SMILES string of the molecule is O=C1CCc2cc(S(=O)(=O)N[C@H](Cc3ccccc3)C(=O)NCCC3=CCCCC3)ccc2N1. The molecule has 0 unspecified atom stereocenters. The van der Waals surface area contributed by atoms with E-state index in [9.17, 15) is 18.0 Å². The third kappa shape index (κ3) is 6.33. The quantitative estimate of drug-likeness (QED) is 0.477. The average molecular weight is 482 g/mol. The smallest absolute Gasteiger partial charge is 0.241 e. The van der Waals surface area contributed by atoms with Crippen LogP contribution in [0.3, 0.4) is 0 Å². The van der Waals surface area contributed by atoms with Gasteiger partial charge in [-0.25, -0.2) is 8.42 Å². The Morgan fingerprint density at radius 1 is 1.03 bits per heavy atom. The predicted octanol–water partition coefficient (Wildman–Crippen LogP) is 3.47. The van der Waals surface area contributed by atoms with Gasteiger partial charge in [-0.1, -0.05) is 42.0 Å². The largest absolute Gasteiger partial charge is 0.354 e. The number of amides is 2. The molecule has 180 valence electrons. The van der Waals surface area contributed by atoms with Crippen LogP contribution >= 0.6 is 0 Å². The molecule has 1 aliphatic carbocycles. The lowest BCUT2D eigenvalue weighted by Gasteiger charge is -2.21. The summed E-state index contributed by atoms with van der Waals surface area (Å²) >= 11 is 0. The van der Waals surface area contributed by atoms with E-state index in [-0.39, 0.29) is 23.1 Å². The van der Waals surface area contributed by atoms with Crippen molar-refractivity contribution in [3.05, 3.63) is 71.3 Å². The van der Waals surface area contributed by atoms with Gasteiger partial charge in [0.2, 0.25) is 21.8 Å². The molecule has 0 saturated heterocycles. The fourth-order valence-corrected chi connectivity index (χ4v) is 5.67. The number of nitrogens with one attached hydrogen (secondary N) is 3. The van der Waals surface area contributed by atoms with Crippen molar-refractivity contribution in [3.8, 4) is 0 Å². The van der Waals surface area contributed by atoms with E-state index < -0.39 is 16.1 Å². The first kappa shape index (κ1) is 24.2. The number of hydrogen-bond acceptors (Lipinski definition) is 4. The fraction of sp³-hybridized carbons (Fsp3) is 0.385. The maximum atomic E-state index is 13.2. The fourth-order valence-electron chi connectivity index (χ4n) is 4.42. The molecule has 2 aromatic carbocycles. The van der Waals surface area contributed by atoms with E-state index in [2.05, 4.69) is 21.4 Å². The summed E-state index contributed by atoms with van der Waals surface area (Å²) in [6.07, 6.45) is 8.63. The second-order valence-electron chi connectivity index (χ2n) is 8.88. The first-order valence-corrected chi connectivity index (χ1v) is 13.3. The van der Waals surface area contributed by atoms with Crippen LogP contribution in [-0.4, -0.2) is 32.8 Å². The van der Waals surface area contributed by atoms with Gasteiger partial charge in [-0.3, -0.25) is 9.59 Å². The van der Waals surface area contributed by atoms with Crippen molar-refractivity contribution in [2.24, 2.45) is 0 Å². The van der Waals surface area contributed by atoms with Gasteiger partial charge in [0.15, 0.2) is 0 Å². The van der Waals surface area contributed by atoms with Gasteiger partial charge in [-0.15, -0.1) is 0 Å². The molecule has 1 heterocycles. The van der Waals surface area contributed by atoms with Gasteiger partial charge in [-0.2, -0.15) is 4.72 Å². The third-order valence-corrected chi connectivity index (χ3v) is 7.78. The number of aryl methyl sites for hydroxylation is 1. The molecule has 2 aromatic rings. The van der Waals surface area contributed by atoms with Crippen LogP contribution in [0.2, 0.25) is 0 Å². The van der Waals surface area contributed by atoms with Gasteiger partial charge in [0.1, 0.15) is 6.04 Å². The Morgan fingerprint density at radius 3 is 2.62 bits per heavy atom. The Bertz CT molecular complexity index is 1180. The molecular formula is C26H31N3O4S. The minimum atomic E-state index is -3.95. The maximum absolute atomic E-state index is 13.2. The zero-order chi connectivity index (χ0) is 24.0. The number of hydrogen-bond donors (Lipinski definition) is 3. The van der Waals surface area contributed by atoms with Crippen molar-refractivity contribution in [1.82, 2.24) is 10.0 Å². The normalized spacial score (nSPS) is 16.7. The molecule has 2 aliphatic rings. The van der Waals surface area contributed by atoms with E-state index in [1.165, 1.54) is 24.5 Å². The van der Waals surface area contributed by atoms with E-state index in [1.54, 1.807) is 12.1 Å². The third-order valence-electron chi connectivity index (χ3n) is 6.31. The number of carbonyl (C=O) groups excluding carboxylic acids is 2. The van der Waals surface area contributed by atoms with Crippen molar-refractivity contribution < 1.29 is 18.0 Å². The van der Waals surface area contributed by atoms with Crippen LogP contribution in [0.25, 0.3) is 0 Å². The number of allylic oxidation sites excluding steroid dienone is 1. The van der Waals surface area contributed by atoms with Gasteiger partial charge in [0.25, 0.3) is 0 Å². The summed E-state index contributed by atoms with van der Waals surface area (Å²) in [4.78, 5) is 24.7. The second kappa shape index (κ2) is 11.0. The van der Waals surface area contributed by atoms with Crippen LogP contribution in [0.5, 0.6) is 0 Å². The number of sulfonamides is 1. The van der Waals surface area contributed by atoms with E-state index in [0.29, 0.717) is 25.1 Å². The van der Waals surface area contributed by atoms with Crippen LogP contribution < -0.4 is 15.4 Å². The lowest BCUT2D eigenvalue weighted by molar-refractivity contribution is -0.122. The summed E-state index contributed by atoms with van der Waals surface area (Å²) in [5.74, 6) is -0.418. The summed E-state index contributed by atoms with van der Waals surface area (Å²) in [7, 11) is -3.95. The van der Waals surface area contributed by atoms with E-state index in [1.807, 2.05) is 30.3 Å². The highest BCUT2D eigenvalue weighted by Crippen LogP contribution is 2.26. The number of anilines is 1. The molecule has 34 heavy (non-hydrogen) atoms. The first-order chi connectivity index (χ1) is 16.4. The van der Waals surface area contributed by atoms with Crippen LogP contribution in [-0.2, 0) is 32.5 Å². The van der Waals surface area contributed by atoms with Gasteiger partial charge in [0.05, 0.1) is 4.90 Å². The predicted molar refractivity (Wildman–Crippen MR) is 132 cm³/mol. The topological polar surface area (TPSA) is 104 Å². The van der Waals surface area contributed by atoms with Crippen molar-refractivity contribution in [3.63, 3.8) is 0 Å². The second-order valence-corrected chi connectivity index (χ2v) is 10.6. The molecule has 8 heteroatoms. The van der Waals surface area contributed by atoms with E-state index >= 15 is 0 Å². The van der Waals surface area contributed by atoms with Crippen LogP contribution in [0.1, 0.15) is 49.7 Å². The minimum absolute atomic E-state index is 0.0789. The molecule has 1 atom stereocenters. The van der Waals surface area contributed by atoms with Crippen LogP contribution in [0.15, 0.2) is 65.1 Å². The lowest BCUT2D eigenvalue weighted by Crippen LogP contribution is -2.48.